The summed E-state index contributed by atoms with van der Waals surface area (Å²) in [7, 11) is 1.61. The monoisotopic (exact) mass is 396 g/mol. The molecule has 2 unspecified atom stereocenters. The van der Waals surface area contributed by atoms with Gasteiger partial charge < -0.3 is 9.64 Å². The molecule has 0 bridgehead atoms. The van der Waals surface area contributed by atoms with Crippen LogP contribution < -0.4 is 9.64 Å². The maximum absolute atomic E-state index is 13.4. The molecule has 6 heteroatoms. The zero-order valence-corrected chi connectivity index (χ0v) is 17.5. The molecule has 1 saturated heterocycles. The van der Waals surface area contributed by atoms with Crippen LogP contribution in [0.25, 0.3) is 5.57 Å². The number of methoxy groups -OCH3 is 1. The van der Waals surface area contributed by atoms with Crippen LogP contribution in [0.4, 0.5) is 5.69 Å². The molecule has 4 rings (SSSR count). The number of carbonyl (C=O) groups is 3. The number of ether oxygens (including phenoxy) is 1. The molecule has 0 aromatic heterocycles. The molecule has 2 heterocycles. The van der Waals surface area contributed by atoms with Crippen molar-refractivity contribution in [3.8, 4) is 5.75 Å². The standard InChI is InChI=1S/C23H28N2O4/c1-14-12-23(2,3)25(19-10-9-15(29-4)11-18(14)19)20(26)13-24-21(27)16-7-5-6-8-17(16)22(24)28/h9-12,16-17H,5-8,13H2,1-4H3. The van der Waals surface area contributed by atoms with E-state index >= 15 is 0 Å². The van der Waals surface area contributed by atoms with Gasteiger partial charge in [0.2, 0.25) is 17.7 Å². The van der Waals surface area contributed by atoms with Gasteiger partial charge in [0.1, 0.15) is 12.3 Å². The van der Waals surface area contributed by atoms with E-state index in [9.17, 15) is 14.4 Å². The first-order valence-corrected chi connectivity index (χ1v) is 10.3. The van der Waals surface area contributed by atoms with Crippen molar-refractivity contribution in [2.24, 2.45) is 11.8 Å². The van der Waals surface area contributed by atoms with Gasteiger partial charge in [-0.2, -0.15) is 0 Å². The topological polar surface area (TPSA) is 66.9 Å². The number of hydrogen-bond acceptors (Lipinski definition) is 4. The van der Waals surface area contributed by atoms with Gasteiger partial charge in [-0.25, -0.2) is 0 Å². The minimum atomic E-state index is -0.568. The van der Waals surface area contributed by atoms with E-state index in [1.807, 2.05) is 45.0 Å². The molecular weight excluding hydrogens is 368 g/mol. The van der Waals surface area contributed by atoms with Crippen molar-refractivity contribution in [1.82, 2.24) is 4.90 Å². The summed E-state index contributed by atoms with van der Waals surface area (Å²) in [4.78, 5) is 42.0. The Morgan fingerprint density at radius 1 is 1.14 bits per heavy atom. The van der Waals surface area contributed by atoms with Crippen LogP contribution >= 0.6 is 0 Å². The van der Waals surface area contributed by atoms with Crippen LogP contribution in [-0.2, 0) is 14.4 Å². The van der Waals surface area contributed by atoms with Crippen LogP contribution in [0.3, 0.4) is 0 Å². The second kappa shape index (κ2) is 7.01. The van der Waals surface area contributed by atoms with E-state index in [4.69, 9.17) is 4.74 Å². The quantitative estimate of drug-likeness (QED) is 0.735. The highest BCUT2D eigenvalue weighted by atomic mass is 16.5. The Hall–Kier alpha value is -2.63. The maximum atomic E-state index is 13.4. The van der Waals surface area contributed by atoms with Gasteiger partial charge in [-0.1, -0.05) is 18.9 Å². The molecule has 29 heavy (non-hydrogen) atoms. The lowest BCUT2D eigenvalue weighted by Crippen LogP contribution is -2.53. The molecule has 1 aromatic rings. The minimum Gasteiger partial charge on any atom is -0.497 e. The summed E-state index contributed by atoms with van der Waals surface area (Å²) >= 11 is 0. The van der Waals surface area contributed by atoms with Crippen LogP contribution in [-0.4, -0.2) is 41.8 Å². The molecule has 0 N–H and O–H groups in total. The van der Waals surface area contributed by atoms with Crippen molar-refractivity contribution in [3.05, 3.63) is 29.8 Å². The van der Waals surface area contributed by atoms with Crippen LogP contribution in [0.1, 0.15) is 52.0 Å². The Morgan fingerprint density at radius 3 is 2.34 bits per heavy atom. The van der Waals surface area contributed by atoms with Crippen molar-refractivity contribution in [2.75, 3.05) is 18.6 Å². The Morgan fingerprint density at radius 2 is 1.76 bits per heavy atom. The van der Waals surface area contributed by atoms with E-state index in [0.29, 0.717) is 0 Å². The third kappa shape index (κ3) is 3.15. The van der Waals surface area contributed by atoms with Gasteiger partial charge in [-0.15, -0.1) is 0 Å². The summed E-state index contributed by atoms with van der Waals surface area (Å²) in [5.41, 5.74) is 2.19. The molecule has 0 spiro atoms. The number of imide groups is 1. The third-order valence-electron chi connectivity index (χ3n) is 6.49. The summed E-state index contributed by atoms with van der Waals surface area (Å²) in [6.45, 7) is 5.75. The van der Waals surface area contributed by atoms with Crippen molar-refractivity contribution >= 4 is 29.0 Å². The number of amides is 3. The fourth-order valence-electron chi connectivity index (χ4n) is 5.18. The zero-order valence-electron chi connectivity index (χ0n) is 17.5. The summed E-state index contributed by atoms with van der Waals surface area (Å²) in [5.74, 6) is -0.355. The molecule has 154 valence electrons. The first kappa shape index (κ1) is 19.7. The first-order valence-electron chi connectivity index (χ1n) is 10.3. The van der Waals surface area contributed by atoms with E-state index in [-0.39, 0.29) is 36.1 Å². The normalized spacial score (nSPS) is 25.4. The summed E-state index contributed by atoms with van der Waals surface area (Å²) < 4.78 is 5.34. The van der Waals surface area contributed by atoms with Gasteiger partial charge in [0.15, 0.2) is 0 Å². The predicted octanol–water partition coefficient (Wildman–Crippen LogP) is 3.40. The fourth-order valence-corrected chi connectivity index (χ4v) is 5.18. The van der Waals surface area contributed by atoms with E-state index < -0.39 is 5.54 Å². The molecule has 3 amide bonds. The van der Waals surface area contributed by atoms with E-state index in [1.54, 1.807) is 12.0 Å². The molecule has 1 saturated carbocycles. The maximum Gasteiger partial charge on any atom is 0.247 e. The largest absolute Gasteiger partial charge is 0.497 e. The van der Waals surface area contributed by atoms with Gasteiger partial charge in [0.05, 0.1) is 30.2 Å². The van der Waals surface area contributed by atoms with Crippen molar-refractivity contribution in [2.45, 2.75) is 52.0 Å². The molecular formula is C23H28N2O4. The van der Waals surface area contributed by atoms with Gasteiger partial charge in [0, 0.05) is 5.56 Å². The van der Waals surface area contributed by atoms with Crippen molar-refractivity contribution in [3.63, 3.8) is 0 Å². The lowest BCUT2D eigenvalue weighted by molar-refractivity contribution is -0.143. The Kier molecular flexibility index (Phi) is 4.75. The zero-order chi connectivity index (χ0) is 20.9. The van der Waals surface area contributed by atoms with E-state index in [1.165, 1.54) is 4.90 Å². The van der Waals surface area contributed by atoms with Crippen molar-refractivity contribution < 1.29 is 19.1 Å². The highest BCUT2D eigenvalue weighted by Crippen LogP contribution is 2.42. The molecule has 1 aromatic carbocycles. The number of fused-ring (bicyclic) bond motifs is 2. The lowest BCUT2D eigenvalue weighted by atomic mass is 9.81. The number of likely N-dealkylation sites (tertiary alicyclic amines) is 1. The van der Waals surface area contributed by atoms with Gasteiger partial charge in [0.25, 0.3) is 0 Å². The summed E-state index contributed by atoms with van der Waals surface area (Å²) in [5, 5.41) is 0. The highest BCUT2D eigenvalue weighted by molar-refractivity contribution is 6.10. The number of rotatable bonds is 3. The highest BCUT2D eigenvalue weighted by Gasteiger charge is 2.49. The average Bonchev–Trinajstić information content (AvgIpc) is 2.92. The van der Waals surface area contributed by atoms with Crippen molar-refractivity contribution in [1.29, 1.82) is 0 Å². The van der Waals surface area contributed by atoms with Gasteiger partial charge in [-0.3, -0.25) is 19.3 Å². The second-order valence-electron chi connectivity index (χ2n) is 8.85. The SMILES string of the molecule is COc1ccc2c(c1)C(C)=CC(C)(C)N2C(=O)CN1C(=O)C2CCCCC2C1=O. The molecule has 2 atom stereocenters. The summed E-state index contributed by atoms with van der Waals surface area (Å²) in [6, 6.07) is 5.61. The summed E-state index contributed by atoms with van der Waals surface area (Å²) in [6.07, 6.45) is 5.49. The fraction of sp³-hybridized carbons (Fsp3) is 0.522. The van der Waals surface area contributed by atoms with E-state index in [2.05, 4.69) is 0 Å². The average molecular weight is 396 g/mol. The Bertz CT molecular complexity index is 893. The molecule has 2 fully saturated rings. The minimum absolute atomic E-state index is 0.176. The van der Waals surface area contributed by atoms with Crippen LogP contribution in [0.15, 0.2) is 24.3 Å². The Labute approximate surface area is 171 Å². The number of hydrogen-bond donors (Lipinski definition) is 0. The number of benzene rings is 1. The van der Waals surface area contributed by atoms with Gasteiger partial charge >= 0.3 is 0 Å². The number of nitrogens with zero attached hydrogens (tertiary/aromatic N) is 2. The third-order valence-corrected chi connectivity index (χ3v) is 6.49. The lowest BCUT2D eigenvalue weighted by Gasteiger charge is -2.42. The molecule has 2 aliphatic heterocycles. The van der Waals surface area contributed by atoms with Crippen LogP contribution in [0.2, 0.25) is 0 Å². The van der Waals surface area contributed by atoms with Gasteiger partial charge in [-0.05, 0) is 57.4 Å². The predicted molar refractivity (Wildman–Crippen MR) is 110 cm³/mol. The molecule has 3 aliphatic rings. The second-order valence-corrected chi connectivity index (χ2v) is 8.85. The Balaban J connectivity index is 1.65. The van der Waals surface area contributed by atoms with E-state index in [0.717, 1.165) is 48.3 Å². The molecule has 1 aliphatic carbocycles. The molecule has 0 radical (unpaired) electrons. The van der Waals surface area contributed by atoms with Crippen LogP contribution in [0.5, 0.6) is 5.75 Å². The van der Waals surface area contributed by atoms with Crippen LogP contribution in [0, 0.1) is 11.8 Å². The number of allylic oxidation sites excluding steroid dienone is 1. The molecule has 6 nitrogen and oxygen atoms in total. The first-order chi connectivity index (χ1) is 13.7. The number of carbonyl (C=O) groups excluding carboxylic acids is 3. The number of anilines is 1. The smallest absolute Gasteiger partial charge is 0.247 e.